The van der Waals surface area contributed by atoms with Crippen LogP contribution in [0.3, 0.4) is 0 Å². The van der Waals surface area contributed by atoms with E-state index in [4.69, 9.17) is 5.73 Å². The SMILES string of the molecule is CC(C)(O)CCn1cnc(N)n1. The molecule has 1 heterocycles. The normalized spacial score (nSPS) is 11.9. The van der Waals surface area contributed by atoms with E-state index in [-0.39, 0.29) is 5.95 Å². The molecule has 0 fully saturated rings. The fourth-order valence-electron chi connectivity index (χ4n) is 0.805. The number of aryl methyl sites for hydroxylation is 1. The summed E-state index contributed by atoms with van der Waals surface area (Å²) < 4.78 is 1.62. The Labute approximate surface area is 71.2 Å². The van der Waals surface area contributed by atoms with Gasteiger partial charge in [-0.15, -0.1) is 5.10 Å². The molecule has 0 bridgehead atoms. The molecule has 1 rings (SSSR count). The van der Waals surface area contributed by atoms with Crippen LogP contribution < -0.4 is 5.73 Å². The number of nitrogen functional groups attached to an aromatic ring is 1. The first-order chi connectivity index (χ1) is 5.47. The van der Waals surface area contributed by atoms with Crippen LogP contribution in [0, 0.1) is 0 Å². The van der Waals surface area contributed by atoms with Crippen molar-refractivity contribution in [1.82, 2.24) is 14.8 Å². The lowest BCUT2D eigenvalue weighted by atomic mass is 10.1. The third-order valence-electron chi connectivity index (χ3n) is 1.51. The average molecular weight is 170 g/mol. The van der Waals surface area contributed by atoms with Crippen LogP contribution in [0.4, 0.5) is 5.95 Å². The summed E-state index contributed by atoms with van der Waals surface area (Å²) >= 11 is 0. The molecule has 1 aromatic heterocycles. The standard InChI is InChI=1S/C7H14N4O/c1-7(2,12)3-4-11-5-9-6(8)10-11/h5,12H,3-4H2,1-2H3,(H2,8,10). The van der Waals surface area contributed by atoms with E-state index in [1.807, 2.05) is 0 Å². The first kappa shape index (κ1) is 8.99. The number of aliphatic hydroxyl groups is 1. The minimum absolute atomic E-state index is 0.269. The fraction of sp³-hybridized carbons (Fsp3) is 0.714. The van der Waals surface area contributed by atoms with Crippen molar-refractivity contribution in [3.63, 3.8) is 0 Å². The van der Waals surface area contributed by atoms with Gasteiger partial charge >= 0.3 is 0 Å². The molecule has 5 heteroatoms. The van der Waals surface area contributed by atoms with Gasteiger partial charge in [0.1, 0.15) is 6.33 Å². The smallest absolute Gasteiger partial charge is 0.239 e. The van der Waals surface area contributed by atoms with Gasteiger partial charge < -0.3 is 10.8 Å². The summed E-state index contributed by atoms with van der Waals surface area (Å²) in [4.78, 5) is 3.77. The lowest BCUT2D eigenvalue weighted by molar-refractivity contribution is 0.0651. The van der Waals surface area contributed by atoms with Gasteiger partial charge in [0.2, 0.25) is 5.95 Å². The molecule has 0 atom stereocenters. The molecule has 0 radical (unpaired) electrons. The molecule has 0 aromatic carbocycles. The zero-order chi connectivity index (χ0) is 9.19. The Kier molecular flexibility index (Phi) is 2.32. The Hall–Kier alpha value is -1.10. The number of anilines is 1. The Morgan fingerprint density at radius 3 is 2.75 bits per heavy atom. The van der Waals surface area contributed by atoms with Crippen LogP contribution >= 0.6 is 0 Å². The van der Waals surface area contributed by atoms with Crippen molar-refractivity contribution in [2.24, 2.45) is 0 Å². The number of aromatic nitrogens is 3. The quantitative estimate of drug-likeness (QED) is 0.670. The predicted octanol–water partition coefficient (Wildman–Crippen LogP) is 0.0213. The van der Waals surface area contributed by atoms with Crippen molar-refractivity contribution in [1.29, 1.82) is 0 Å². The van der Waals surface area contributed by atoms with E-state index < -0.39 is 5.60 Å². The largest absolute Gasteiger partial charge is 0.390 e. The second-order valence-corrected chi connectivity index (χ2v) is 3.43. The number of hydrogen-bond donors (Lipinski definition) is 2. The summed E-state index contributed by atoms with van der Waals surface area (Å²) in [6.07, 6.45) is 2.19. The van der Waals surface area contributed by atoms with E-state index in [9.17, 15) is 5.11 Å². The van der Waals surface area contributed by atoms with Crippen LogP contribution in [0.5, 0.6) is 0 Å². The van der Waals surface area contributed by atoms with E-state index in [1.165, 1.54) is 0 Å². The molecular weight excluding hydrogens is 156 g/mol. The fourth-order valence-corrected chi connectivity index (χ4v) is 0.805. The zero-order valence-electron chi connectivity index (χ0n) is 7.36. The van der Waals surface area contributed by atoms with Crippen LogP contribution in [-0.2, 0) is 6.54 Å². The maximum absolute atomic E-state index is 9.39. The van der Waals surface area contributed by atoms with Crippen LogP contribution in [0.15, 0.2) is 6.33 Å². The summed E-state index contributed by atoms with van der Waals surface area (Å²) in [6, 6.07) is 0. The molecule has 0 amide bonds. The third kappa shape index (κ3) is 2.87. The highest BCUT2D eigenvalue weighted by Gasteiger charge is 2.12. The molecule has 0 aliphatic carbocycles. The van der Waals surface area contributed by atoms with Gasteiger partial charge in [0.15, 0.2) is 0 Å². The van der Waals surface area contributed by atoms with Gasteiger partial charge in [-0.3, -0.25) is 4.68 Å². The summed E-state index contributed by atoms with van der Waals surface area (Å²) in [5.41, 5.74) is 4.65. The van der Waals surface area contributed by atoms with Gasteiger partial charge in [0, 0.05) is 6.54 Å². The highest BCUT2D eigenvalue weighted by Crippen LogP contribution is 2.08. The summed E-state index contributed by atoms with van der Waals surface area (Å²) in [5.74, 6) is 0.269. The van der Waals surface area contributed by atoms with Crippen molar-refractivity contribution in [3.8, 4) is 0 Å². The molecular formula is C7H14N4O. The molecule has 0 saturated heterocycles. The van der Waals surface area contributed by atoms with Crippen molar-refractivity contribution in [2.45, 2.75) is 32.4 Å². The predicted molar refractivity (Wildman–Crippen MR) is 45.3 cm³/mol. The Bertz CT molecular complexity index is 250. The van der Waals surface area contributed by atoms with Crippen LogP contribution in [0.2, 0.25) is 0 Å². The van der Waals surface area contributed by atoms with Gasteiger partial charge in [-0.25, -0.2) is 4.98 Å². The maximum Gasteiger partial charge on any atom is 0.239 e. The maximum atomic E-state index is 9.39. The van der Waals surface area contributed by atoms with Crippen LogP contribution in [-0.4, -0.2) is 25.5 Å². The van der Waals surface area contributed by atoms with E-state index >= 15 is 0 Å². The monoisotopic (exact) mass is 170 g/mol. The van der Waals surface area contributed by atoms with E-state index in [0.29, 0.717) is 13.0 Å². The van der Waals surface area contributed by atoms with Crippen LogP contribution in [0.1, 0.15) is 20.3 Å². The van der Waals surface area contributed by atoms with E-state index in [2.05, 4.69) is 10.1 Å². The summed E-state index contributed by atoms with van der Waals surface area (Å²) in [5, 5.41) is 13.3. The molecule has 68 valence electrons. The molecule has 1 aromatic rings. The lowest BCUT2D eigenvalue weighted by Gasteiger charge is -2.15. The van der Waals surface area contributed by atoms with E-state index in [1.54, 1.807) is 24.9 Å². The minimum atomic E-state index is -0.666. The topological polar surface area (TPSA) is 77.0 Å². The zero-order valence-corrected chi connectivity index (χ0v) is 7.36. The average Bonchev–Trinajstić information content (AvgIpc) is 2.30. The molecule has 0 unspecified atom stereocenters. The Morgan fingerprint density at radius 2 is 2.33 bits per heavy atom. The molecule has 3 N–H and O–H groups in total. The first-order valence-corrected chi connectivity index (χ1v) is 3.85. The third-order valence-corrected chi connectivity index (χ3v) is 1.51. The van der Waals surface area contributed by atoms with Crippen molar-refractivity contribution in [3.05, 3.63) is 6.33 Å². The molecule has 0 saturated carbocycles. The van der Waals surface area contributed by atoms with Gasteiger partial charge in [-0.2, -0.15) is 0 Å². The van der Waals surface area contributed by atoms with Gasteiger partial charge in [0.25, 0.3) is 0 Å². The Morgan fingerprint density at radius 1 is 1.67 bits per heavy atom. The first-order valence-electron chi connectivity index (χ1n) is 3.85. The number of nitrogens with two attached hydrogens (primary N) is 1. The number of rotatable bonds is 3. The highest BCUT2D eigenvalue weighted by atomic mass is 16.3. The van der Waals surface area contributed by atoms with Gasteiger partial charge in [-0.05, 0) is 20.3 Å². The summed E-state index contributed by atoms with van der Waals surface area (Å²) in [7, 11) is 0. The molecule has 0 aliphatic rings. The lowest BCUT2D eigenvalue weighted by Crippen LogP contribution is -2.21. The van der Waals surface area contributed by atoms with Crippen molar-refractivity contribution in [2.75, 3.05) is 5.73 Å². The van der Waals surface area contributed by atoms with Crippen molar-refractivity contribution < 1.29 is 5.11 Å². The van der Waals surface area contributed by atoms with Gasteiger partial charge in [0.05, 0.1) is 5.60 Å². The molecule has 5 nitrogen and oxygen atoms in total. The minimum Gasteiger partial charge on any atom is -0.390 e. The molecule has 12 heavy (non-hydrogen) atoms. The molecule has 0 aliphatic heterocycles. The van der Waals surface area contributed by atoms with Crippen LogP contribution in [0.25, 0.3) is 0 Å². The van der Waals surface area contributed by atoms with E-state index in [0.717, 1.165) is 0 Å². The highest BCUT2D eigenvalue weighted by molar-refractivity contribution is 5.09. The second kappa shape index (κ2) is 3.10. The summed E-state index contributed by atoms with van der Waals surface area (Å²) in [6.45, 7) is 4.15. The Balaban J connectivity index is 2.44. The van der Waals surface area contributed by atoms with Gasteiger partial charge in [-0.1, -0.05) is 0 Å². The number of hydrogen-bond acceptors (Lipinski definition) is 4. The number of nitrogens with zero attached hydrogens (tertiary/aromatic N) is 3. The second-order valence-electron chi connectivity index (χ2n) is 3.43. The van der Waals surface area contributed by atoms with Crippen molar-refractivity contribution >= 4 is 5.95 Å². The molecule has 0 spiro atoms.